The summed E-state index contributed by atoms with van der Waals surface area (Å²) in [5.74, 6) is -1.76. The predicted octanol–water partition coefficient (Wildman–Crippen LogP) is 3.65. The second-order valence-corrected chi connectivity index (χ2v) is 5.58. The first-order chi connectivity index (χ1) is 10.0. The number of aromatic nitrogens is 4. The molecule has 3 rings (SSSR count). The molecule has 0 aliphatic heterocycles. The van der Waals surface area contributed by atoms with Gasteiger partial charge in [-0.3, -0.25) is 4.68 Å². The molecule has 0 radical (unpaired) electrons. The van der Waals surface area contributed by atoms with Crippen molar-refractivity contribution >= 4 is 27.0 Å². The summed E-state index contributed by atoms with van der Waals surface area (Å²) < 4.78 is 31.2. The van der Waals surface area contributed by atoms with Crippen LogP contribution in [0.4, 0.5) is 8.78 Å². The van der Waals surface area contributed by atoms with Gasteiger partial charge in [-0.05, 0) is 29.8 Å². The second kappa shape index (κ2) is 5.22. The minimum absolute atomic E-state index is 0.435. The maximum absolute atomic E-state index is 13.4. The molecule has 0 aliphatic carbocycles. The van der Waals surface area contributed by atoms with Crippen LogP contribution in [-0.4, -0.2) is 19.3 Å². The molecule has 0 saturated carbocycles. The number of benzene rings is 1. The summed E-state index contributed by atoms with van der Waals surface area (Å²) >= 11 is 3.53. The molecular weight excluding hydrogens is 342 g/mol. The smallest absolute Gasteiger partial charge is 0.161 e. The topological polar surface area (TPSA) is 35.6 Å². The highest BCUT2D eigenvalue weighted by Gasteiger charge is 2.15. The van der Waals surface area contributed by atoms with Crippen LogP contribution in [0.1, 0.15) is 18.3 Å². The van der Waals surface area contributed by atoms with Crippen molar-refractivity contribution in [2.75, 3.05) is 0 Å². The van der Waals surface area contributed by atoms with E-state index in [2.05, 4.69) is 26.0 Å². The van der Waals surface area contributed by atoms with Crippen LogP contribution in [0.3, 0.4) is 0 Å². The number of rotatable bonds is 3. The van der Waals surface area contributed by atoms with E-state index >= 15 is 0 Å². The number of fused-ring (bicyclic) bond motifs is 1. The largest absolute Gasteiger partial charge is 0.324 e. The van der Waals surface area contributed by atoms with E-state index < -0.39 is 11.6 Å². The monoisotopic (exact) mass is 354 g/mol. The van der Waals surface area contributed by atoms with E-state index in [0.717, 1.165) is 28.5 Å². The minimum atomic E-state index is -0.886. The van der Waals surface area contributed by atoms with E-state index in [0.29, 0.717) is 17.6 Å². The first-order valence-electron chi connectivity index (χ1n) is 6.53. The van der Waals surface area contributed by atoms with Gasteiger partial charge in [0.05, 0.1) is 39.8 Å². The van der Waals surface area contributed by atoms with Crippen LogP contribution in [0, 0.1) is 18.6 Å². The molecule has 0 atom stereocenters. The molecule has 0 amide bonds. The Hall–Kier alpha value is -1.76. The molecule has 0 N–H and O–H groups in total. The summed E-state index contributed by atoms with van der Waals surface area (Å²) in [7, 11) is 0. The molecule has 0 bridgehead atoms. The maximum Gasteiger partial charge on any atom is 0.161 e. The van der Waals surface area contributed by atoms with Gasteiger partial charge in [-0.2, -0.15) is 5.10 Å². The Morgan fingerprint density at radius 2 is 1.95 bits per heavy atom. The van der Waals surface area contributed by atoms with Crippen LogP contribution >= 0.6 is 15.9 Å². The Labute approximate surface area is 128 Å². The molecule has 1 aromatic carbocycles. The number of hydrogen-bond acceptors (Lipinski definition) is 2. The van der Waals surface area contributed by atoms with Gasteiger partial charge in [0.2, 0.25) is 0 Å². The number of imidazole rings is 1. The highest BCUT2D eigenvalue weighted by Crippen LogP contribution is 2.24. The molecule has 21 heavy (non-hydrogen) atoms. The van der Waals surface area contributed by atoms with Crippen LogP contribution in [0.25, 0.3) is 11.0 Å². The lowest BCUT2D eigenvalue weighted by Crippen LogP contribution is -2.08. The van der Waals surface area contributed by atoms with Crippen LogP contribution < -0.4 is 0 Å². The average molecular weight is 355 g/mol. The number of halogens is 3. The molecule has 2 aromatic heterocycles. The minimum Gasteiger partial charge on any atom is -0.324 e. The number of hydrogen-bond donors (Lipinski definition) is 0. The molecular formula is C14H13BrF2N4. The van der Waals surface area contributed by atoms with E-state index in [1.807, 2.05) is 18.5 Å². The molecule has 0 spiro atoms. The first-order valence-corrected chi connectivity index (χ1v) is 7.32. The summed E-state index contributed by atoms with van der Waals surface area (Å²) in [6, 6.07) is 2.28. The molecule has 7 heteroatoms. The van der Waals surface area contributed by atoms with E-state index in [4.69, 9.17) is 0 Å². The lowest BCUT2D eigenvalue weighted by Gasteiger charge is -2.08. The third kappa shape index (κ3) is 2.35. The fraction of sp³-hybridized carbons (Fsp3) is 0.286. The lowest BCUT2D eigenvalue weighted by atomic mass is 10.3. The van der Waals surface area contributed by atoms with Crippen molar-refractivity contribution in [1.29, 1.82) is 0 Å². The normalized spacial score (nSPS) is 11.5. The second-order valence-electron chi connectivity index (χ2n) is 4.79. The van der Waals surface area contributed by atoms with Gasteiger partial charge in [0.1, 0.15) is 0 Å². The third-order valence-electron chi connectivity index (χ3n) is 3.44. The van der Waals surface area contributed by atoms with E-state index in [-0.39, 0.29) is 0 Å². The standard InChI is InChI=1S/C14H13BrF2N4/c1-3-21-13(14(15)8(2)19-21)6-20-7-18-11-4-9(16)10(17)5-12(11)20/h4-5,7H,3,6H2,1-2H3. The van der Waals surface area contributed by atoms with Crippen molar-refractivity contribution in [2.45, 2.75) is 26.9 Å². The average Bonchev–Trinajstić information content (AvgIpc) is 2.96. The van der Waals surface area contributed by atoms with Crippen LogP contribution in [0.2, 0.25) is 0 Å². The van der Waals surface area contributed by atoms with Gasteiger partial charge in [0.15, 0.2) is 11.6 Å². The first kappa shape index (κ1) is 14.2. The SMILES string of the molecule is CCn1nc(C)c(Br)c1Cn1cnc2cc(F)c(F)cc21. The van der Waals surface area contributed by atoms with Gasteiger partial charge in [-0.15, -0.1) is 0 Å². The van der Waals surface area contributed by atoms with Crippen molar-refractivity contribution in [3.63, 3.8) is 0 Å². The van der Waals surface area contributed by atoms with Gasteiger partial charge >= 0.3 is 0 Å². The number of nitrogens with zero attached hydrogens (tertiary/aromatic N) is 4. The Morgan fingerprint density at radius 1 is 1.24 bits per heavy atom. The highest BCUT2D eigenvalue weighted by atomic mass is 79.9. The summed E-state index contributed by atoms with van der Waals surface area (Å²) in [5.41, 5.74) is 2.86. The molecule has 4 nitrogen and oxygen atoms in total. The summed E-state index contributed by atoms with van der Waals surface area (Å²) in [6.07, 6.45) is 1.58. The fourth-order valence-corrected chi connectivity index (χ4v) is 2.77. The summed E-state index contributed by atoms with van der Waals surface area (Å²) in [4.78, 5) is 4.12. The van der Waals surface area contributed by atoms with E-state index in [1.54, 1.807) is 10.9 Å². The Balaban J connectivity index is 2.08. The van der Waals surface area contributed by atoms with Crippen molar-refractivity contribution in [3.8, 4) is 0 Å². The van der Waals surface area contributed by atoms with Crippen molar-refractivity contribution in [3.05, 3.63) is 46.0 Å². The molecule has 0 fully saturated rings. The Morgan fingerprint density at radius 3 is 2.67 bits per heavy atom. The van der Waals surface area contributed by atoms with Gasteiger partial charge in [-0.1, -0.05) is 0 Å². The molecule has 0 saturated heterocycles. The molecule has 3 aromatic rings. The number of aryl methyl sites for hydroxylation is 2. The zero-order valence-corrected chi connectivity index (χ0v) is 13.2. The maximum atomic E-state index is 13.4. The zero-order valence-electron chi connectivity index (χ0n) is 11.6. The molecule has 0 aliphatic rings. The van der Waals surface area contributed by atoms with Crippen molar-refractivity contribution in [1.82, 2.24) is 19.3 Å². The van der Waals surface area contributed by atoms with Crippen LogP contribution in [0.5, 0.6) is 0 Å². The summed E-state index contributed by atoms with van der Waals surface area (Å²) in [5, 5.41) is 4.42. The van der Waals surface area contributed by atoms with Gasteiger partial charge in [0.25, 0.3) is 0 Å². The van der Waals surface area contributed by atoms with Crippen LogP contribution in [0.15, 0.2) is 22.9 Å². The Bertz CT molecular complexity index is 822. The van der Waals surface area contributed by atoms with Crippen LogP contribution in [-0.2, 0) is 13.1 Å². The quantitative estimate of drug-likeness (QED) is 0.719. The van der Waals surface area contributed by atoms with Crippen molar-refractivity contribution in [2.24, 2.45) is 0 Å². The van der Waals surface area contributed by atoms with Gasteiger partial charge in [-0.25, -0.2) is 13.8 Å². The molecule has 0 unspecified atom stereocenters. The molecule has 110 valence electrons. The highest BCUT2D eigenvalue weighted by molar-refractivity contribution is 9.10. The fourth-order valence-electron chi connectivity index (χ4n) is 2.36. The molecule has 2 heterocycles. The van der Waals surface area contributed by atoms with Crippen molar-refractivity contribution < 1.29 is 8.78 Å². The van der Waals surface area contributed by atoms with E-state index in [9.17, 15) is 8.78 Å². The Kier molecular flexibility index (Phi) is 3.52. The third-order valence-corrected chi connectivity index (χ3v) is 4.47. The lowest BCUT2D eigenvalue weighted by molar-refractivity contribution is 0.510. The summed E-state index contributed by atoms with van der Waals surface area (Å²) in [6.45, 7) is 5.14. The van der Waals surface area contributed by atoms with Gasteiger partial charge in [0, 0.05) is 18.7 Å². The van der Waals surface area contributed by atoms with Gasteiger partial charge < -0.3 is 4.57 Å². The van der Waals surface area contributed by atoms with E-state index in [1.165, 1.54) is 6.07 Å². The predicted molar refractivity (Wildman–Crippen MR) is 79.1 cm³/mol. The zero-order chi connectivity index (χ0) is 15.1.